The van der Waals surface area contributed by atoms with Crippen LogP contribution in [0.5, 0.6) is 0 Å². The Morgan fingerprint density at radius 3 is 2.95 bits per heavy atom. The molecule has 1 saturated heterocycles. The normalized spacial score (nSPS) is 18.0. The summed E-state index contributed by atoms with van der Waals surface area (Å²) in [6, 6.07) is 3.79. The highest BCUT2D eigenvalue weighted by atomic mass is 16.4. The lowest BCUT2D eigenvalue weighted by Crippen LogP contribution is -2.36. The number of likely N-dealkylation sites (tertiary alicyclic amines) is 1. The quantitative estimate of drug-likeness (QED) is 0.315. The first-order valence-electron chi connectivity index (χ1n) is 7.58. The number of hydrogen-bond acceptors (Lipinski definition) is 5. The van der Waals surface area contributed by atoms with Crippen molar-refractivity contribution in [2.24, 2.45) is 16.8 Å². The summed E-state index contributed by atoms with van der Waals surface area (Å²) in [5.41, 5.74) is 7.15. The molecule has 0 unspecified atom stereocenters. The second-order valence-corrected chi connectivity index (χ2v) is 5.54. The van der Waals surface area contributed by atoms with Gasteiger partial charge in [-0.3, -0.25) is 4.98 Å². The molecule has 0 amide bonds. The number of nitrogens with zero attached hydrogens (tertiary/aromatic N) is 3. The average Bonchev–Trinajstić information content (AvgIpc) is 2.55. The van der Waals surface area contributed by atoms with Gasteiger partial charge < -0.3 is 21.2 Å². The topological polar surface area (TPSA) is 86.8 Å². The molecule has 6 nitrogen and oxygen atoms in total. The third-order valence-electron chi connectivity index (χ3n) is 4.11. The molecule has 2 rings (SSSR count). The van der Waals surface area contributed by atoms with Crippen LogP contribution in [0.25, 0.3) is 0 Å². The molecule has 1 aromatic rings. The van der Waals surface area contributed by atoms with Gasteiger partial charge >= 0.3 is 0 Å². The fraction of sp³-hybridized carbons (Fsp3) is 0.600. The smallest absolute Gasteiger partial charge is 0.188 e. The van der Waals surface area contributed by atoms with Crippen molar-refractivity contribution in [2.75, 3.05) is 26.2 Å². The molecule has 0 radical (unpaired) electrons. The van der Waals surface area contributed by atoms with Gasteiger partial charge in [-0.05, 0) is 62.6 Å². The number of nitrogens with one attached hydrogen (secondary N) is 1. The molecule has 0 aromatic carbocycles. The van der Waals surface area contributed by atoms with Crippen molar-refractivity contribution < 1.29 is 5.21 Å². The van der Waals surface area contributed by atoms with Crippen LogP contribution in [0.3, 0.4) is 0 Å². The van der Waals surface area contributed by atoms with Crippen molar-refractivity contribution >= 4 is 5.84 Å². The van der Waals surface area contributed by atoms with Crippen LogP contribution >= 0.6 is 0 Å². The highest BCUT2D eigenvalue weighted by molar-refractivity contribution is 5.95. The van der Waals surface area contributed by atoms with Crippen LogP contribution in [-0.4, -0.2) is 47.1 Å². The van der Waals surface area contributed by atoms with Gasteiger partial charge in [0.25, 0.3) is 0 Å². The fourth-order valence-electron chi connectivity index (χ4n) is 2.70. The highest BCUT2D eigenvalue weighted by Crippen LogP contribution is 2.16. The van der Waals surface area contributed by atoms with Gasteiger partial charge in [-0.2, -0.15) is 0 Å². The zero-order chi connectivity index (χ0) is 15.1. The Kier molecular flexibility index (Phi) is 5.95. The van der Waals surface area contributed by atoms with E-state index in [1.807, 2.05) is 12.1 Å². The number of aromatic nitrogens is 1. The third kappa shape index (κ3) is 4.68. The number of nitrogens with two attached hydrogens (primary N) is 1. The van der Waals surface area contributed by atoms with Crippen LogP contribution in [0.15, 0.2) is 23.5 Å². The molecule has 1 aromatic heterocycles. The van der Waals surface area contributed by atoms with E-state index in [0.29, 0.717) is 5.69 Å². The Hall–Kier alpha value is -1.66. The maximum atomic E-state index is 8.67. The van der Waals surface area contributed by atoms with Crippen LogP contribution in [0.4, 0.5) is 0 Å². The SMILES string of the molecule is CCN1CCC(CNCc2ccnc(C(N)=NO)c2)CC1. The number of piperidine rings is 1. The summed E-state index contributed by atoms with van der Waals surface area (Å²) in [7, 11) is 0. The summed E-state index contributed by atoms with van der Waals surface area (Å²) in [6.45, 7) is 7.63. The van der Waals surface area contributed by atoms with Crippen molar-refractivity contribution in [1.29, 1.82) is 0 Å². The number of rotatable bonds is 6. The molecule has 0 bridgehead atoms. The molecular weight excluding hydrogens is 266 g/mol. The van der Waals surface area contributed by atoms with Crippen LogP contribution < -0.4 is 11.1 Å². The van der Waals surface area contributed by atoms with Gasteiger partial charge in [0.1, 0.15) is 5.69 Å². The van der Waals surface area contributed by atoms with E-state index >= 15 is 0 Å². The molecule has 1 aliphatic heterocycles. The molecule has 0 spiro atoms. The minimum atomic E-state index is 0.0452. The molecular formula is C15H25N5O. The summed E-state index contributed by atoms with van der Waals surface area (Å²) in [5, 5.41) is 15.1. The Bertz CT molecular complexity index is 469. The predicted octanol–water partition coefficient (Wildman–Crippen LogP) is 0.998. The predicted molar refractivity (Wildman–Crippen MR) is 83.3 cm³/mol. The molecule has 4 N–H and O–H groups in total. The van der Waals surface area contributed by atoms with Crippen molar-refractivity contribution in [1.82, 2.24) is 15.2 Å². The summed E-state index contributed by atoms with van der Waals surface area (Å²) >= 11 is 0. The molecule has 0 aliphatic carbocycles. The van der Waals surface area contributed by atoms with Crippen LogP contribution in [0.1, 0.15) is 31.0 Å². The van der Waals surface area contributed by atoms with Gasteiger partial charge in [0.05, 0.1) is 0 Å². The minimum Gasteiger partial charge on any atom is -0.409 e. The van der Waals surface area contributed by atoms with E-state index in [9.17, 15) is 0 Å². The van der Waals surface area contributed by atoms with Gasteiger partial charge in [0.15, 0.2) is 5.84 Å². The maximum Gasteiger partial charge on any atom is 0.188 e. The van der Waals surface area contributed by atoms with E-state index in [2.05, 4.69) is 27.3 Å². The first kappa shape index (κ1) is 15.7. The van der Waals surface area contributed by atoms with E-state index in [-0.39, 0.29) is 5.84 Å². The molecule has 0 atom stereocenters. The number of pyridine rings is 1. The van der Waals surface area contributed by atoms with Gasteiger partial charge in [-0.15, -0.1) is 0 Å². The Morgan fingerprint density at radius 1 is 1.52 bits per heavy atom. The lowest BCUT2D eigenvalue weighted by Gasteiger charge is -2.31. The van der Waals surface area contributed by atoms with Gasteiger partial charge in [-0.1, -0.05) is 12.1 Å². The molecule has 1 fully saturated rings. The summed E-state index contributed by atoms with van der Waals surface area (Å²) in [6.07, 6.45) is 4.23. The fourth-order valence-corrected chi connectivity index (χ4v) is 2.70. The minimum absolute atomic E-state index is 0.0452. The molecule has 6 heteroatoms. The first-order chi connectivity index (χ1) is 10.2. The molecule has 116 valence electrons. The third-order valence-corrected chi connectivity index (χ3v) is 4.11. The van der Waals surface area contributed by atoms with E-state index in [1.54, 1.807) is 6.20 Å². The zero-order valence-corrected chi connectivity index (χ0v) is 12.6. The molecule has 1 aliphatic rings. The Labute approximate surface area is 126 Å². The lowest BCUT2D eigenvalue weighted by molar-refractivity contribution is 0.190. The van der Waals surface area contributed by atoms with Crippen molar-refractivity contribution in [3.8, 4) is 0 Å². The van der Waals surface area contributed by atoms with Crippen molar-refractivity contribution in [3.63, 3.8) is 0 Å². The molecule has 21 heavy (non-hydrogen) atoms. The van der Waals surface area contributed by atoms with Crippen LogP contribution in [0, 0.1) is 5.92 Å². The maximum absolute atomic E-state index is 8.67. The summed E-state index contributed by atoms with van der Waals surface area (Å²) in [4.78, 5) is 6.58. The monoisotopic (exact) mass is 291 g/mol. The van der Waals surface area contributed by atoms with Crippen LogP contribution in [-0.2, 0) is 6.54 Å². The second-order valence-electron chi connectivity index (χ2n) is 5.54. The van der Waals surface area contributed by atoms with Gasteiger partial charge in [0.2, 0.25) is 0 Å². The van der Waals surface area contributed by atoms with Gasteiger partial charge in [-0.25, -0.2) is 0 Å². The first-order valence-corrected chi connectivity index (χ1v) is 7.58. The van der Waals surface area contributed by atoms with Crippen LogP contribution in [0.2, 0.25) is 0 Å². The lowest BCUT2D eigenvalue weighted by atomic mass is 9.97. The molecule has 0 saturated carbocycles. The van der Waals surface area contributed by atoms with Crippen molar-refractivity contribution in [3.05, 3.63) is 29.6 Å². The average molecular weight is 291 g/mol. The number of hydrogen-bond donors (Lipinski definition) is 3. The highest BCUT2D eigenvalue weighted by Gasteiger charge is 2.17. The van der Waals surface area contributed by atoms with Crippen molar-refractivity contribution in [2.45, 2.75) is 26.3 Å². The zero-order valence-electron chi connectivity index (χ0n) is 12.6. The largest absolute Gasteiger partial charge is 0.409 e. The Morgan fingerprint density at radius 2 is 2.29 bits per heavy atom. The standard InChI is InChI=1S/C15H25N5O/c1-2-20-7-4-12(5-8-20)10-17-11-13-3-6-18-14(9-13)15(16)19-21/h3,6,9,12,17,21H,2,4-5,7-8,10-11H2,1H3,(H2,16,19). The molecule has 2 heterocycles. The van der Waals surface area contributed by atoms with Gasteiger partial charge in [0, 0.05) is 12.7 Å². The van der Waals surface area contributed by atoms with E-state index < -0.39 is 0 Å². The number of oxime groups is 1. The van der Waals surface area contributed by atoms with E-state index in [0.717, 1.165) is 31.1 Å². The summed E-state index contributed by atoms with van der Waals surface area (Å²) < 4.78 is 0. The Balaban J connectivity index is 1.76. The van der Waals surface area contributed by atoms with E-state index in [1.165, 1.54) is 25.9 Å². The second kappa shape index (κ2) is 7.95. The van der Waals surface area contributed by atoms with E-state index in [4.69, 9.17) is 10.9 Å². The summed E-state index contributed by atoms with van der Waals surface area (Å²) in [5.74, 6) is 0.807. The number of amidine groups is 1.